The van der Waals surface area contributed by atoms with Gasteiger partial charge in [0.25, 0.3) is 5.56 Å². The number of nitrogens with zero attached hydrogens (tertiary/aromatic N) is 5. The molecule has 3 aromatic carbocycles. The maximum Gasteiger partial charge on any atom is 0.340 e. The summed E-state index contributed by atoms with van der Waals surface area (Å²) >= 11 is 0. The lowest BCUT2D eigenvalue weighted by Gasteiger charge is -2.13. The van der Waals surface area contributed by atoms with Crippen molar-refractivity contribution in [1.82, 2.24) is 19.1 Å². The fourth-order valence-electron chi connectivity index (χ4n) is 4.82. The highest BCUT2D eigenvalue weighted by Gasteiger charge is 2.19. The van der Waals surface area contributed by atoms with E-state index in [4.69, 9.17) is 14.7 Å². The number of methoxy groups -OCH3 is 1. The number of benzene rings is 3. The Bertz CT molecular complexity index is 1790. The summed E-state index contributed by atoms with van der Waals surface area (Å²) < 4.78 is 8.57. The van der Waals surface area contributed by atoms with Gasteiger partial charge in [0.1, 0.15) is 11.6 Å². The average molecular weight is 506 g/mol. The van der Waals surface area contributed by atoms with Gasteiger partial charge in [0.15, 0.2) is 0 Å². The van der Waals surface area contributed by atoms with Crippen molar-refractivity contribution in [2.45, 2.75) is 32.7 Å². The van der Waals surface area contributed by atoms with Gasteiger partial charge in [-0.05, 0) is 48.4 Å². The van der Waals surface area contributed by atoms with Crippen molar-refractivity contribution >= 4 is 27.9 Å². The van der Waals surface area contributed by atoms with Gasteiger partial charge in [-0.25, -0.2) is 14.8 Å². The molecule has 0 aliphatic carbocycles. The molecule has 8 heteroatoms. The monoisotopic (exact) mass is 505 g/mol. The molecule has 0 aliphatic rings. The third-order valence-corrected chi connectivity index (χ3v) is 6.77. The van der Waals surface area contributed by atoms with Crippen molar-refractivity contribution in [3.63, 3.8) is 0 Å². The first kappa shape index (κ1) is 24.9. The van der Waals surface area contributed by atoms with E-state index >= 15 is 0 Å². The molecule has 190 valence electrons. The van der Waals surface area contributed by atoms with E-state index in [1.807, 2.05) is 41.0 Å². The maximum absolute atomic E-state index is 13.4. The molecule has 0 radical (unpaired) electrons. The Labute approximate surface area is 219 Å². The van der Waals surface area contributed by atoms with Crippen molar-refractivity contribution < 1.29 is 9.53 Å². The molecule has 8 nitrogen and oxygen atoms in total. The summed E-state index contributed by atoms with van der Waals surface area (Å²) in [5, 5.41) is 10.0. The highest BCUT2D eigenvalue weighted by atomic mass is 16.5. The highest BCUT2D eigenvalue weighted by molar-refractivity contribution is 6.02. The van der Waals surface area contributed by atoms with Gasteiger partial charge in [-0.2, -0.15) is 5.26 Å². The van der Waals surface area contributed by atoms with Gasteiger partial charge >= 0.3 is 5.97 Å². The van der Waals surface area contributed by atoms with Crippen molar-refractivity contribution in [1.29, 1.82) is 5.26 Å². The summed E-state index contributed by atoms with van der Waals surface area (Å²) in [7, 11) is 3.04. The fraction of sp³-hybridized carbons (Fsp3) is 0.233. The third kappa shape index (κ3) is 4.33. The zero-order chi connectivity index (χ0) is 26.8. The number of carbonyl (C=O) groups excluding carboxylic acids is 1. The van der Waals surface area contributed by atoms with Crippen LogP contribution in [0.1, 0.15) is 47.1 Å². The predicted molar refractivity (Wildman–Crippen MR) is 146 cm³/mol. The van der Waals surface area contributed by atoms with Crippen LogP contribution in [0.3, 0.4) is 0 Å². The largest absolute Gasteiger partial charge is 0.465 e. The Hall–Kier alpha value is -4.77. The Kier molecular flexibility index (Phi) is 6.75. The number of para-hydroxylation sites is 1. The molecular formula is C30H27N5O3. The molecule has 0 fully saturated rings. The lowest BCUT2D eigenvalue weighted by molar-refractivity contribution is 0.0602. The van der Waals surface area contributed by atoms with E-state index in [1.54, 1.807) is 31.3 Å². The molecule has 0 amide bonds. The van der Waals surface area contributed by atoms with Crippen molar-refractivity contribution in [3.05, 3.63) is 93.5 Å². The van der Waals surface area contributed by atoms with Gasteiger partial charge in [-0.15, -0.1) is 0 Å². The number of aromatic nitrogens is 4. The number of esters is 1. The summed E-state index contributed by atoms with van der Waals surface area (Å²) in [4.78, 5) is 35.6. The summed E-state index contributed by atoms with van der Waals surface area (Å²) in [6.07, 6.45) is 2.75. The highest BCUT2D eigenvalue weighted by Crippen LogP contribution is 2.26. The predicted octanol–water partition coefficient (Wildman–Crippen LogP) is 5.00. The quantitative estimate of drug-likeness (QED) is 0.289. The zero-order valence-electron chi connectivity index (χ0n) is 21.6. The number of nitriles is 1. The molecule has 0 N–H and O–H groups in total. The van der Waals surface area contributed by atoms with Crippen LogP contribution in [-0.4, -0.2) is 32.2 Å². The molecule has 0 unspecified atom stereocenters. The lowest BCUT2D eigenvalue weighted by atomic mass is 10.1. The molecule has 0 bridgehead atoms. The minimum absolute atomic E-state index is 0.198. The summed E-state index contributed by atoms with van der Waals surface area (Å²) in [6, 6.07) is 20.4. The maximum atomic E-state index is 13.4. The number of hydrogen-bond acceptors (Lipinski definition) is 6. The molecule has 5 aromatic rings. The number of imidazole rings is 1. The van der Waals surface area contributed by atoms with Gasteiger partial charge in [-0.1, -0.05) is 37.6 Å². The van der Waals surface area contributed by atoms with Crippen LogP contribution in [0.4, 0.5) is 0 Å². The Morgan fingerprint density at radius 3 is 2.63 bits per heavy atom. The van der Waals surface area contributed by atoms with E-state index in [0.717, 1.165) is 41.7 Å². The van der Waals surface area contributed by atoms with Gasteiger partial charge in [0.2, 0.25) is 0 Å². The number of rotatable bonds is 7. The van der Waals surface area contributed by atoms with E-state index in [9.17, 15) is 14.9 Å². The summed E-state index contributed by atoms with van der Waals surface area (Å²) in [6.45, 7) is 2.56. The normalized spacial score (nSPS) is 11.1. The minimum Gasteiger partial charge on any atom is -0.465 e. The van der Waals surface area contributed by atoms with Crippen LogP contribution < -0.4 is 5.56 Å². The molecule has 2 aromatic heterocycles. The Morgan fingerprint density at radius 2 is 1.87 bits per heavy atom. The molecule has 0 saturated carbocycles. The van der Waals surface area contributed by atoms with Crippen LogP contribution in [0.15, 0.2) is 65.5 Å². The SMILES string of the molecule is CCCCc1nc2cccc(C(=O)OC)c2n1Cc1ccc2nc(-c3ccccc3C#N)n(C)c(=O)c2c1. The topological polar surface area (TPSA) is 103 Å². The second-order valence-electron chi connectivity index (χ2n) is 9.19. The summed E-state index contributed by atoms with van der Waals surface area (Å²) in [5.74, 6) is 0.908. The smallest absolute Gasteiger partial charge is 0.340 e. The van der Waals surface area contributed by atoms with E-state index in [-0.39, 0.29) is 5.56 Å². The number of fused-ring (bicyclic) bond motifs is 2. The van der Waals surface area contributed by atoms with Crippen LogP contribution >= 0.6 is 0 Å². The molecule has 0 spiro atoms. The first-order valence-corrected chi connectivity index (χ1v) is 12.5. The van der Waals surface area contributed by atoms with E-state index in [2.05, 4.69) is 13.0 Å². The van der Waals surface area contributed by atoms with E-state index < -0.39 is 5.97 Å². The second-order valence-corrected chi connectivity index (χ2v) is 9.19. The molecule has 0 aliphatic heterocycles. The van der Waals surface area contributed by atoms with Crippen LogP contribution in [0.2, 0.25) is 0 Å². The molecule has 0 atom stereocenters. The van der Waals surface area contributed by atoms with Crippen LogP contribution in [0, 0.1) is 11.3 Å². The minimum atomic E-state index is -0.416. The molecule has 0 saturated heterocycles. The van der Waals surface area contributed by atoms with Crippen LogP contribution in [0.5, 0.6) is 0 Å². The van der Waals surface area contributed by atoms with Gasteiger partial charge in [-0.3, -0.25) is 9.36 Å². The van der Waals surface area contributed by atoms with Gasteiger partial charge < -0.3 is 9.30 Å². The number of unbranched alkanes of at least 4 members (excludes halogenated alkanes) is 1. The Morgan fingerprint density at radius 1 is 1.05 bits per heavy atom. The fourth-order valence-corrected chi connectivity index (χ4v) is 4.82. The van der Waals surface area contributed by atoms with E-state index in [1.165, 1.54) is 11.7 Å². The molecule has 2 heterocycles. The van der Waals surface area contributed by atoms with Gasteiger partial charge in [0, 0.05) is 25.6 Å². The van der Waals surface area contributed by atoms with Crippen molar-refractivity contribution in [2.24, 2.45) is 7.05 Å². The number of aryl methyl sites for hydroxylation is 1. The second kappa shape index (κ2) is 10.3. The van der Waals surface area contributed by atoms with Crippen LogP contribution in [0.25, 0.3) is 33.3 Å². The number of ether oxygens (including phenoxy) is 1. The van der Waals surface area contributed by atoms with Crippen LogP contribution in [-0.2, 0) is 24.8 Å². The third-order valence-electron chi connectivity index (χ3n) is 6.77. The van der Waals surface area contributed by atoms with Crippen molar-refractivity contribution in [2.75, 3.05) is 7.11 Å². The molecular weight excluding hydrogens is 478 g/mol. The number of carbonyl (C=O) groups is 1. The summed E-state index contributed by atoms with van der Waals surface area (Å²) in [5.41, 5.74) is 4.23. The standard InChI is InChI=1S/C30H27N5O3/c1-4-5-13-26-32-25-12-8-11-22(30(37)38-3)27(25)35(26)18-19-14-15-24-23(16-19)29(36)34(2)28(33-24)21-10-7-6-9-20(21)17-31/h6-12,14-16H,4-5,13,18H2,1-3H3. The Balaban J connectivity index is 1.64. The zero-order valence-corrected chi connectivity index (χ0v) is 21.6. The van der Waals surface area contributed by atoms with E-state index in [0.29, 0.717) is 40.0 Å². The first-order valence-electron chi connectivity index (χ1n) is 12.5. The first-order chi connectivity index (χ1) is 18.5. The lowest BCUT2D eigenvalue weighted by Crippen LogP contribution is -2.21. The van der Waals surface area contributed by atoms with Gasteiger partial charge in [0.05, 0.1) is 46.2 Å². The average Bonchev–Trinajstić information content (AvgIpc) is 3.30. The molecule has 5 rings (SSSR count). The van der Waals surface area contributed by atoms with Crippen molar-refractivity contribution in [3.8, 4) is 17.5 Å². The number of hydrogen-bond donors (Lipinski definition) is 0. The molecule has 38 heavy (non-hydrogen) atoms.